The molecule has 0 spiro atoms. The van der Waals surface area contributed by atoms with E-state index >= 15 is 0 Å². The van der Waals surface area contributed by atoms with E-state index in [2.05, 4.69) is 5.32 Å². The van der Waals surface area contributed by atoms with Crippen LogP contribution in [0.5, 0.6) is 0 Å². The van der Waals surface area contributed by atoms with Gasteiger partial charge < -0.3 is 10.2 Å². The highest BCUT2D eigenvalue weighted by molar-refractivity contribution is 6.34. The maximum absolute atomic E-state index is 14.1. The molecule has 5 nitrogen and oxygen atoms in total. The van der Waals surface area contributed by atoms with Crippen molar-refractivity contribution in [2.24, 2.45) is 0 Å². The number of rotatable bonds is 5. The fourth-order valence-electron chi connectivity index (χ4n) is 3.85. The molecule has 1 fully saturated rings. The Bertz CT molecular complexity index is 1200. The molecule has 1 saturated heterocycles. The number of benzene rings is 3. The lowest BCUT2D eigenvalue weighted by Crippen LogP contribution is -2.49. The molecular weight excluding hydrogens is 448 g/mol. The lowest BCUT2D eigenvalue weighted by Gasteiger charge is -2.36. The van der Waals surface area contributed by atoms with Gasteiger partial charge in [0.2, 0.25) is 0 Å². The van der Waals surface area contributed by atoms with Crippen molar-refractivity contribution in [3.8, 4) is 0 Å². The van der Waals surface area contributed by atoms with E-state index in [1.165, 1.54) is 28.0 Å². The molecule has 170 valence electrons. The van der Waals surface area contributed by atoms with E-state index in [-0.39, 0.29) is 18.1 Å². The standard InChI is InChI=1S/C25H22ClF2N3O2/c1-16-10-11-23(22(14-16)29-24(32)17-6-2-3-7-19(17)26)31-13-5-12-30(25(31)33)15-18-20(27)8-4-9-21(18)28/h2-4,6-11,14H,5,12-13,15H2,1H3,(H,29,32). The van der Waals surface area contributed by atoms with Crippen LogP contribution in [0.4, 0.5) is 25.0 Å². The van der Waals surface area contributed by atoms with E-state index in [1.807, 2.05) is 13.0 Å². The van der Waals surface area contributed by atoms with Gasteiger partial charge in [0.15, 0.2) is 0 Å². The molecule has 3 aromatic carbocycles. The summed E-state index contributed by atoms with van der Waals surface area (Å²) in [5.41, 5.74) is 2.01. The fourth-order valence-corrected chi connectivity index (χ4v) is 4.07. The first-order valence-corrected chi connectivity index (χ1v) is 10.9. The summed E-state index contributed by atoms with van der Waals surface area (Å²) in [5.74, 6) is -1.78. The Morgan fingerprint density at radius 3 is 2.48 bits per heavy atom. The van der Waals surface area contributed by atoms with E-state index in [4.69, 9.17) is 11.6 Å². The minimum Gasteiger partial charge on any atom is -0.320 e. The first-order chi connectivity index (χ1) is 15.8. The normalized spacial score (nSPS) is 13.9. The summed E-state index contributed by atoms with van der Waals surface area (Å²) < 4.78 is 28.3. The number of aryl methyl sites for hydroxylation is 1. The Morgan fingerprint density at radius 1 is 1.03 bits per heavy atom. The molecule has 33 heavy (non-hydrogen) atoms. The zero-order valence-corrected chi connectivity index (χ0v) is 18.7. The number of nitrogens with zero attached hydrogens (tertiary/aromatic N) is 2. The Kier molecular flexibility index (Phi) is 6.60. The highest BCUT2D eigenvalue weighted by Gasteiger charge is 2.30. The predicted molar refractivity (Wildman–Crippen MR) is 125 cm³/mol. The van der Waals surface area contributed by atoms with Crippen molar-refractivity contribution in [3.63, 3.8) is 0 Å². The average molecular weight is 470 g/mol. The van der Waals surface area contributed by atoms with Gasteiger partial charge in [-0.2, -0.15) is 0 Å². The molecule has 0 unspecified atom stereocenters. The van der Waals surface area contributed by atoms with Crippen molar-refractivity contribution < 1.29 is 18.4 Å². The minimum atomic E-state index is -0.692. The summed E-state index contributed by atoms with van der Waals surface area (Å²) in [6.45, 7) is 2.48. The van der Waals surface area contributed by atoms with E-state index in [1.54, 1.807) is 36.4 Å². The summed E-state index contributed by atoms with van der Waals surface area (Å²) in [7, 11) is 0. The average Bonchev–Trinajstić information content (AvgIpc) is 2.78. The smallest absolute Gasteiger partial charge is 0.320 e. The molecule has 0 aromatic heterocycles. The molecule has 3 aromatic rings. The van der Waals surface area contributed by atoms with Gasteiger partial charge in [-0.25, -0.2) is 13.6 Å². The Morgan fingerprint density at radius 2 is 1.76 bits per heavy atom. The molecule has 4 rings (SSSR count). The molecular formula is C25H22ClF2N3O2. The highest BCUT2D eigenvalue weighted by Crippen LogP contribution is 2.31. The van der Waals surface area contributed by atoms with Gasteiger partial charge in [0.1, 0.15) is 11.6 Å². The van der Waals surface area contributed by atoms with Gasteiger partial charge in [-0.15, -0.1) is 0 Å². The van der Waals surface area contributed by atoms with Crippen LogP contribution < -0.4 is 10.2 Å². The molecule has 0 atom stereocenters. The van der Waals surface area contributed by atoms with Crippen LogP contribution in [0.3, 0.4) is 0 Å². The van der Waals surface area contributed by atoms with Gasteiger partial charge in [-0.05, 0) is 55.3 Å². The quantitative estimate of drug-likeness (QED) is 0.497. The van der Waals surface area contributed by atoms with Crippen LogP contribution in [0, 0.1) is 18.6 Å². The number of amides is 3. The number of nitrogens with one attached hydrogen (secondary N) is 1. The second kappa shape index (κ2) is 9.58. The number of anilines is 2. The number of urea groups is 1. The second-order valence-corrected chi connectivity index (χ2v) is 8.27. The lowest BCUT2D eigenvalue weighted by atomic mass is 10.1. The first-order valence-electron chi connectivity index (χ1n) is 10.5. The molecule has 1 heterocycles. The van der Waals surface area contributed by atoms with Crippen molar-refractivity contribution in [3.05, 3.63) is 94.0 Å². The summed E-state index contributed by atoms with van der Waals surface area (Å²) >= 11 is 6.16. The first kappa shape index (κ1) is 22.7. The molecule has 0 bridgehead atoms. The zero-order chi connectivity index (χ0) is 23.5. The molecule has 8 heteroatoms. The summed E-state index contributed by atoms with van der Waals surface area (Å²) in [6.07, 6.45) is 0.605. The Balaban J connectivity index is 1.61. The van der Waals surface area contributed by atoms with E-state index in [0.717, 1.165) is 5.56 Å². The minimum absolute atomic E-state index is 0.149. The number of halogens is 3. The van der Waals surface area contributed by atoms with E-state index in [0.29, 0.717) is 41.5 Å². The molecule has 0 aliphatic carbocycles. The van der Waals surface area contributed by atoms with Gasteiger partial charge >= 0.3 is 6.03 Å². The van der Waals surface area contributed by atoms with Gasteiger partial charge in [0.05, 0.1) is 28.5 Å². The van der Waals surface area contributed by atoms with Crippen LogP contribution in [0.15, 0.2) is 60.7 Å². The van der Waals surface area contributed by atoms with Crippen LogP contribution in [-0.4, -0.2) is 29.9 Å². The van der Waals surface area contributed by atoms with Crippen LogP contribution in [0.2, 0.25) is 5.02 Å². The highest BCUT2D eigenvalue weighted by atomic mass is 35.5. The van der Waals surface area contributed by atoms with E-state index in [9.17, 15) is 18.4 Å². The van der Waals surface area contributed by atoms with Crippen molar-refractivity contribution in [2.45, 2.75) is 19.9 Å². The largest absolute Gasteiger partial charge is 0.324 e. The second-order valence-electron chi connectivity index (χ2n) is 7.86. The maximum Gasteiger partial charge on any atom is 0.324 e. The van der Waals surface area contributed by atoms with Crippen LogP contribution >= 0.6 is 11.6 Å². The van der Waals surface area contributed by atoms with Gasteiger partial charge in [-0.3, -0.25) is 9.69 Å². The van der Waals surface area contributed by atoms with E-state index < -0.39 is 17.5 Å². The van der Waals surface area contributed by atoms with Gasteiger partial charge in [-0.1, -0.05) is 35.9 Å². The number of hydrogen-bond acceptors (Lipinski definition) is 2. The molecule has 1 aliphatic heterocycles. The molecule has 1 N–H and O–H groups in total. The summed E-state index contributed by atoms with van der Waals surface area (Å²) in [6, 6.07) is 15.3. The number of carbonyl (C=O) groups is 2. The predicted octanol–water partition coefficient (Wildman–Crippen LogP) is 6.01. The fraction of sp³-hybridized carbons (Fsp3) is 0.200. The maximum atomic E-state index is 14.1. The third kappa shape index (κ3) is 4.83. The van der Waals surface area contributed by atoms with Crippen molar-refractivity contribution in [2.75, 3.05) is 23.3 Å². The zero-order valence-electron chi connectivity index (χ0n) is 17.9. The summed E-state index contributed by atoms with van der Waals surface area (Å²) in [5, 5.41) is 3.17. The monoisotopic (exact) mass is 469 g/mol. The van der Waals surface area contributed by atoms with Crippen LogP contribution in [0.1, 0.15) is 27.9 Å². The Hall–Kier alpha value is -3.45. The molecule has 0 saturated carbocycles. The van der Waals surface area contributed by atoms with Crippen molar-refractivity contribution in [1.82, 2.24) is 4.90 Å². The van der Waals surface area contributed by atoms with Gasteiger partial charge in [0.25, 0.3) is 5.91 Å². The van der Waals surface area contributed by atoms with Crippen molar-refractivity contribution in [1.29, 1.82) is 0 Å². The Labute approximate surface area is 195 Å². The number of hydrogen-bond donors (Lipinski definition) is 1. The summed E-state index contributed by atoms with van der Waals surface area (Å²) in [4.78, 5) is 29.0. The number of carbonyl (C=O) groups excluding carboxylic acids is 2. The molecule has 3 amide bonds. The SMILES string of the molecule is Cc1ccc(N2CCCN(Cc3c(F)cccc3F)C2=O)c(NC(=O)c2ccccc2Cl)c1. The van der Waals surface area contributed by atoms with Gasteiger partial charge in [0, 0.05) is 18.7 Å². The molecule has 1 aliphatic rings. The van der Waals surface area contributed by atoms with Crippen LogP contribution in [0.25, 0.3) is 0 Å². The van der Waals surface area contributed by atoms with Crippen molar-refractivity contribution >= 4 is 34.9 Å². The topological polar surface area (TPSA) is 52.6 Å². The third-order valence-corrected chi connectivity index (χ3v) is 5.86. The third-order valence-electron chi connectivity index (χ3n) is 5.53. The van der Waals surface area contributed by atoms with Crippen LogP contribution in [-0.2, 0) is 6.54 Å². The lowest BCUT2D eigenvalue weighted by molar-refractivity contribution is 0.102. The molecule has 0 radical (unpaired) electrons.